The van der Waals surface area contributed by atoms with E-state index in [1.54, 1.807) is 32.9 Å². The SMILES string of the molecule is CC(C)(C)OC(=O)NCc1cc(C(=O)ON2C(=O)c3ccccc3C2=O)sc1Cl. The minimum absolute atomic E-state index is 0.0323. The van der Waals surface area contributed by atoms with E-state index in [2.05, 4.69) is 5.32 Å². The van der Waals surface area contributed by atoms with Gasteiger partial charge in [-0.3, -0.25) is 9.59 Å². The number of benzene rings is 1. The molecule has 2 heterocycles. The van der Waals surface area contributed by atoms with Gasteiger partial charge in [0.15, 0.2) is 0 Å². The minimum Gasteiger partial charge on any atom is -0.444 e. The summed E-state index contributed by atoms with van der Waals surface area (Å²) in [4.78, 5) is 53.8. The number of nitrogens with zero attached hydrogens (tertiary/aromatic N) is 1. The molecule has 0 aliphatic carbocycles. The van der Waals surface area contributed by atoms with Gasteiger partial charge in [0.25, 0.3) is 11.8 Å². The molecule has 0 spiro atoms. The highest BCUT2D eigenvalue weighted by atomic mass is 35.5. The molecule has 0 bridgehead atoms. The van der Waals surface area contributed by atoms with Crippen molar-refractivity contribution in [3.63, 3.8) is 0 Å². The number of alkyl carbamates (subject to hydrolysis) is 1. The Kier molecular flexibility index (Phi) is 5.63. The highest BCUT2D eigenvalue weighted by molar-refractivity contribution is 7.18. The lowest BCUT2D eigenvalue weighted by molar-refractivity contribution is -0.0581. The second-order valence-electron chi connectivity index (χ2n) is 7.09. The van der Waals surface area contributed by atoms with Crippen LogP contribution in [0, 0.1) is 0 Å². The van der Waals surface area contributed by atoms with E-state index < -0.39 is 29.5 Å². The number of thiophene rings is 1. The number of rotatable bonds is 4. The molecule has 1 aliphatic heterocycles. The van der Waals surface area contributed by atoms with E-state index in [9.17, 15) is 19.2 Å². The fourth-order valence-corrected chi connectivity index (χ4v) is 3.63. The third kappa shape index (κ3) is 4.57. The molecule has 2 aromatic rings. The molecule has 0 saturated heterocycles. The highest BCUT2D eigenvalue weighted by Gasteiger charge is 2.39. The van der Waals surface area contributed by atoms with E-state index in [0.29, 0.717) is 10.6 Å². The number of carbonyl (C=O) groups is 4. The van der Waals surface area contributed by atoms with Gasteiger partial charge in [-0.25, -0.2) is 9.59 Å². The zero-order valence-corrected chi connectivity index (χ0v) is 17.3. The molecule has 0 unspecified atom stereocenters. The molecule has 1 aromatic heterocycles. The van der Waals surface area contributed by atoms with Gasteiger partial charge in [0.1, 0.15) is 10.5 Å². The summed E-state index contributed by atoms with van der Waals surface area (Å²) < 4.78 is 5.39. The molecule has 0 fully saturated rings. The Hall–Kier alpha value is -2.91. The maximum Gasteiger partial charge on any atom is 0.407 e. The van der Waals surface area contributed by atoms with Crippen molar-refractivity contribution in [2.45, 2.75) is 32.9 Å². The maximum atomic E-state index is 12.4. The van der Waals surface area contributed by atoms with Crippen LogP contribution in [0.15, 0.2) is 30.3 Å². The van der Waals surface area contributed by atoms with Gasteiger partial charge >= 0.3 is 12.1 Å². The smallest absolute Gasteiger partial charge is 0.407 e. The van der Waals surface area contributed by atoms with Crippen LogP contribution in [-0.2, 0) is 16.1 Å². The van der Waals surface area contributed by atoms with Crippen LogP contribution in [-0.4, -0.2) is 34.5 Å². The number of hydrogen-bond donors (Lipinski definition) is 1. The second kappa shape index (κ2) is 7.84. The molecule has 1 aromatic carbocycles. The maximum absolute atomic E-state index is 12.4. The van der Waals surface area contributed by atoms with Gasteiger partial charge in [-0.15, -0.1) is 11.3 Å². The average Bonchev–Trinajstić information content (AvgIpc) is 3.12. The monoisotopic (exact) mass is 436 g/mol. The summed E-state index contributed by atoms with van der Waals surface area (Å²) in [6, 6.07) is 7.60. The lowest BCUT2D eigenvalue weighted by Crippen LogP contribution is -2.32. The molecular weight excluding hydrogens is 420 g/mol. The first kappa shape index (κ1) is 20.8. The number of amides is 3. The number of carbonyl (C=O) groups excluding carboxylic acids is 4. The number of nitrogens with one attached hydrogen (secondary N) is 1. The first-order valence-electron chi connectivity index (χ1n) is 8.52. The normalized spacial score (nSPS) is 13.3. The van der Waals surface area contributed by atoms with E-state index in [0.717, 1.165) is 11.3 Å². The standard InChI is InChI=1S/C19H17ClN2O6S/c1-19(2,3)27-18(26)21-9-10-8-13(29-14(10)20)17(25)28-22-15(23)11-6-4-5-7-12(11)16(22)24/h4-8H,9H2,1-3H3,(H,21,26). The lowest BCUT2D eigenvalue weighted by atomic mass is 10.1. The molecule has 3 amide bonds. The van der Waals surface area contributed by atoms with Gasteiger partial charge in [0.05, 0.1) is 15.5 Å². The number of hydroxylamine groups is 2. The molecule has 3 rings (SSSR count). The number of hydrogen-bond acceptors (Lipinski definition) is 7. The third-order valence-electron chi connectivity index (χ3n) is 3.71. The van der Waals surface area contributed by atoms with Crippen molar-refractivity contribution >= 4 is 46.8 Å². The summed E-state index contributed by atoms with van der Waals surface area (Å²) in [6.45, 7) is 5.23. The predicted octanol–water partition coefficient (Wildman–Crippen LogP) is 3.79. The van der Waals surface area contributed by atoms with Crippen LogP contribution < -0.4 is 5.32 Å². The first-order chi connectivity index (χ1) is 13.6. The molecule has 1 N–H and O–H groups in total. The van der Waals surface area contributed by atoms with Gasteiger partial charge in [0, 0.05) is 12.1 Å². The third-order valence-corrected chi connectivity index (χ3v) is 5.13. The summed E-state index contributed by atoms with van der Waals surface area (Å²) in [6.07, 6.45) is -0.630. The van der Waals surface area contributed by atoms with E-state index in [1.165, 1.54) is 18.2 Å². The molecule has 0 saturated carbocycles. The summed E-state index contributed by atoms with van der Waals surface area (Å²) in [5, 5.41) is 2.97. The molecule has 10 heteroatoms. The summed E-state index contributed by atoms with van der Waals surface area (Å²) >= 11 is 7.03. The Morgan fingerprint density at radius 3 is 2.28 bits per heavy atom. The zero-order chi connectivity index (χ0) is 21.3. The lowest BCUT2D eigenvalue weighted by Gasteiger charge is -2.19. The van der Waals surface area contributed by atoms with Crippen LogP contribution in [0.3, 0.4) is 0 Å². The highest BCUT2D eigenvalue weighted by Crippen LogP contribution is 2.30. The summed E-state index contributed by atoms with van der Waals surface area (Å²) in [5.74, 6) is -2.34. The van der Waals surface area contributed by atoms with E-state index in [4.69, 9.17) is 21.2 Å². The fourth-order valence-electron chi connectivity index (χ4n) is 2.49. The molecule has 8 nitrogen and oxygen atoms in total. The van der Waals surface area contributed by atoms with E-state index in [-0.39, 0.29) is 26.9 Å². The zero-order valence-electron chi connectivity index (χ0n) is 15.8. The molecule has 0 atom stereocenters. The molecule has 1 aliphatic rings. The van der Waals surface area contributed by atoms with Crippen LogP contribution >= 0.6 is 22.9 Å². The summed E-state index contributed by atoms with van der Waals surface area (Å²) in [5.41, 5.74) is 0.148. The Morgan fingerprint density at radius 2 is 1.72 bits per heavy atom. The van der Waals surface area contributed by atoms with Crippen molar-refractivity contribution in [2.24, 2.45) is 0 Å². The number of fused-ring (bicyclic) bond motifs is 1. The molecule has 152 valence electrons. The van der Waals surface area contributed by atoms with Crippen molar-refractivity contribution in [2.75, 3.05) is 0 Å². The van der Waals surface area contributed by atoms with Crippen molar-refractivity contribution in [1.29, 1.82) is 0 Å². The fraction of sp³-hybridized carbons (Fsp3) is 0.263. The Balaban J connectivity index is 1.66. The Bertz CT molecular complexity index is 975. The van der Waals surface area contributed by atoms with Gasteiger partial charge in [0.2, 0.25) is 0 Å². The molecule has 29 heavy (non-hydrogen) atoms. The van der Waals surface area contributed by atoms with Gasteiger partial charge in [-0.2, -0.15) is 0 Å². The second-order valence-corrected chi connectivity index (χ2v) is 8.75. The van der Waals surface area contributed by atoms with Gasteiger partial charge in [-0.1, -0.05) is 28.8 Å². The number of halogens is 1. The molecule has 0 radical (unpaired) electrons. The van der Waals surface area contributed by atoms with Crippen molar-refractivity contribution in [3.8, 4) is 0 Å². The molecular formula is C19H17ClN2O6S. The average molecular weight is 437 g/mol. The van der Waals surface area contributed by atoms with Gasteiger partial charge in [-0.05, 0) is 39.0 Å². The van der Waals surface area contributed by atoms with Crippen LogP contribution in [0.5, 0.6) is 0 Å². The Morgan fingerprint density at radius 1 is 1.14 bits per heavy atom. The summed E-state index contributed by atoms with van der Waals surface area (Å²) in [7, 11) is 0. The Labute approximate surface area is 175 Å². The first-order valence-corrected chi connectivity index (χ1v) is 9.71. The quantitative estimate of drug-likeness (QED) is 0.731. The topological polar surface area (TPSA) is 102 Å². The van der Waals surface area contributed by atoms with Gasteiger partial charge < -0.3 is 14.9 Å². The van der Waals surface area contributed by atoms with Crippen LogP contribution in [0.25, 0.3) is 0 Å². The van der Waals surface area contributed by atoms with Crippen molar-refractivity contribution in [1.82, 2.24) is 10.4 Å². The van der Waals surface area contributed by atoms with Crippen LogP contribution in [0.2, 0.25) is 4.34 Å². The van der Waals surface area contributed by atoms with E-state index in [1.807, 2.05) is 0 Å². The number of imide groups is 1. The van der Waals surface area contributed by atoms with Crippen molar-refractivity contribution in [3.05, 3.63) is 56.2 Å². The number of ether oxygens (including phenoxy) is 1. The van der Waals surface area contributed by atoms with Crippen LogP contribution in [0.1, 0.15) is 56.7 Å². The van der Waals surface area contributed by atoms with E-state index >= 15 is 0 Å². The largest absolute Gasteiger partial charge is 0.444 e. The minimum atomic E-state index is -0.907. The van der Waals surface area contributed by atoms with Crippen LogP contribution in [0.4, 0.5) is 4.79 Å². The van der Waals surface area contributed by atoms with Crippen molar-refractivity contribution < 1.29 is 28.8 Å². The predicted molar refractivity (Wildman–Crippen MR) is 105 cm³/mol.